The Morgan fingerprint density at radius 3 is 2.54 bits per heavy atom. The number of hydrogen-bond donors (Lipinski definition) is 1. The maximum absolute atomic E-state index is 12.9. The number of benzene rings is 2. The molecule has 0 radical (unpaired) electrons. The van der Waals surface area contributed by atoms with Gasteiger partial charge < -0.3 is 10.0 Å². The number of rotatable bonds is 5. The van der Waals surface area contributed by atoms with Crippen molar-refractivity contribution in [2.45, 2.75) is 6.92 Å². The summed E-state index contributed by atoms with van der Waals surface area (Å²) < 4.78 is 0. The highest BCUT2D eigenvalue weighted by atomic mass is 32.2. The molecule has 1 aliphatic rings. The number of phenolic OH excluding ortho intramolecular Hbond substituents is 1. The summed E-state index contributed by atoms with van der Waals surface area (Å²) in [6.07, 6.45) is 3.53. The third kappa shape index (κ3) is 4.28. The minimum absolute atomic E-state index is 0.0933. The molecule has 2 aromatic rings. The van der Waals surface area contributed by atoms with Gasteiger partial charge in [0.25, 0.3) is 5.91 Å². The highest BCUT2D eigenvalue weighted by Gasteiger charge is 2.32. The molecule has 0 aromatic heterocycles. The van der Waals surface area contributed by atoms with Crippen LogP contribution in [0, 0.1) is 6.92 Å². The van der Waals surface area contributed by atoms with Crippen molar-refractivity contribution in [2.75, 3.05) is 25.5 Å². The Balaban J connectivity index is 1.93. The number of phenols is 1. The van der Waals surface area contributed by atoms with Crippen LogP contribution < -0.4 is 4.90 Å². The van der Waals surface area contributed by atoms with E-state index in [0.717, 1.165) is 16.8 Å². The van der Waals surface area contributed by atoms with E-state index in [9.17, 15) is 9.90 Å². The number of amides is 1. The fourth-order valence-corrected chi connectivity index (χ4v) is 3.73. The van der Waals surface area contributed by atoms with Gasteiger partial charge in [-0.15, -0.1) is 6.58 Å². The average molecular weight is 394 g/mol. The second-order valence-electron chi connectivity index (χ2n) is 6.69. The van der Waals surface area contributed by atoms with E-state index < -0.39 is 0 Å². The van der Waals surface area contributed by atoms with Gasteiger partial charge in [0.15, 0.2) is 5.17 Å². The maximum atomic E-state index is 12.9. The number of anilines is 1. The first-order valence-corrected chi connectivity index (χ1v) is 9.68. The number of aliphatic imine (C=N–C) groups is 1. The molecule has 5 nitrogen and oxygen atoms in total. The quantitative estimate of drug-likeness (QED) is 0.598. The van der Waals surface area contributed by atoms with Crippen LogP contribution in [-0.4, -0.2) is 41.7 Å². The van der Waals surface area contributed by atoms with E-state index in [4.69, 9.17) is 0 Å². The Bertz CT molecular complexity index is 962. The van der Waals surface area contributed by atoms with E-state index in [1.54, 1.807) is 23.1 Å². The third-order valence-electron chi connectivity index (χ3n) is 4.25. The summed E-state index contributed by atoms with van der Waals surface area (Å²) in [6.45, 7) is 5.99. The lowest BCUT2D eigenvalue weighted by Gasteiger charge is -2.13. The number of aryl methyl sites for hydroxylation is 1. The van der Waals surface area contributed by atoms with Gasteiger partial charge in [-0.05, 0) is 60.2 Å². The van der Waals surface area contributed by atoms with Crippen LogP contribution in [0.25, 0.3) is 6.08 Å². The molecule has 1 fully saturated rings. The number of aromatic hydroxyl groups is 1. The van der Waals surface area contributed by atoms with Crippen molar-refractivity contribution >= 4 is 40.3 Å². The predicted molar refractivity (Wildman–Crippen MR) is 118 cm³/mol. The monoisotopic (exact) mass is 393 g/mol. The molecule has 1 heterocycles. The summed E-state index contributed by atoms with van der Waals surface area (Å²) in [4.78, 5) is 21.5. The second kappa shape index (κ2) is 8.35. The van der Waals surface area contributed by atoms with Gasteiger partial charge in [-0.2, -0.15) is 0 Å². The van der Waals surface area contributed by atoms with Gasteiger partial charge in [0.05, 0.1) is 4.91 Å². The Morgan fingerprint density at radius 1 is 1.21 bits per heavy atom. The minimum Gasteiger partial charge on any atom is -0.506 e. The molecule has 0 unspecified atom stereocenters. The van der Waals surface area contributed by atoms with Crippen molar-refractivity contribution in [1.82, 2.24) is 4.90 Å². The van der Waals surface area contributed by atoms with Crippen LogP contribution >= 0.6 is 11.8 Å². The molecule has 0 spiro atoms. The topological polar surface area (TPSA) is 56.1 Å². The van der Waals surface area contributed by atoms with Crippen molar-refractivity contribution in [2.24, 2.45) is 4.99 Å². The van der Waals surface area contributed by atoms with Crippen LogP contribution in [0.5, 0.6) is 5.75 Å². The number of carbonyl (C=O) groups is 1. The minimum atomic E-state index is -0.119. The Hall–Kier alpha value is -2.99. The summed E-state index contributed by atoms with van der Waals surface area (Å²) in [5, 5.41) is 10.7. The van der Waals surface area contributed by atoms with Crippen LogP contribution in [0.15, 0.2) is 65.0 Å². The standard InChI is InChI=1S/C22H23N3O2S/c1-5-12-25-21(27)20(14-16-7-9-17(10-8-16)24(3)4)28-22(25)23-18-11-6-15(2)13-19(18)26/h5-11,13-14,26H,1,12H2,2-4H3/b20-14-,23-22?. The van der Waals surface area contributed by atoms with E-state index >= 15 is 0 Å². The van der Waals surface area contributed by atoms with E-state index in [-0.39, 0.29) is 11.7 Å². The molecule has 28 heavy (non-hydrogen) atoms. The molecule has 0 bridgehead atoms. The van der Waals surface area contributed by atoms with Crippen molar-refractivity contribution in [3.05, 3.63) is 71.2 Å². The Labute approximate surface area is 169 Å². The van der Waals surface area contributed by atoms with Crippen LogP contribution in [0.3, 0.4) is 0 Å². The summed E-state index contributed by atoms with van der Waals surface area (Å²) in [5.74, 6) is -0.0252. The molecule has 0 saturated carbocycles. The van der Waals surface area contributed by atoms with Gasteiger partial charge in [0, 0.05) is 26.3 Å². The van der Waals surface area contributed by atoms with E-state index in [1.807, 2.05) is 62.3 Å². The number of carbonyl (C=O) groups excluding carboxylic acids is 1. The number of hydrogen-bond acceptors (Lipinski definition) is 5. The highest BCUT2D eigenvalue weighted by molar-refractivity contribution is 8.18. The van der Waals surface area contributed by atoms with Crippen LogP contribution in [0.4, 0.5) is 11.4 Å². The molecule has 1 saturated heterocycles. The molecule has 6 heteroatoms. The molecular formula is C22H23N3O2S. The Kier molecular flexibility index (Phi) is 5.90. The van der Waals surface area contributed by atoms with E-state index in [0.29, 0.717) is 22.3 Å². The van der Waals surface area contributed by atoms with Crippen LogP contribution in [0.2, 0.25) is 0 Å². The largest absolute Gasteiger partial charge is 0.506 e. The number of amidine groups is 1. The van der Waals surface area contributed by atoms with Crippen LogP contribution in [-0.2, 0) is 4.79 Å². The van der Waals surface area contributed by atoms with Gasteiger partial charge in [-0.3, -0.25) is 9.69 Å². The number of nitrogens with zero attached hydrogens (tertiary/aromatic N) is 3. The molecule has 1 N–H and O–H groups in total. The zero-order valence-corrected chi connectivity index (χ0v) is 17.0. The summed E-state index contributed by atoms with van der Waals surface area (Å²) >= 11 is 1.30. The van der Waals surface area contributed by atoms with Gasteiger partial charge in [-0.1, -0.05) is 24.3 Å². The first kappa shape index (κ1) is 19.8. The lowest BCUT2D eigenvalue weighted by Crippen LogP contribution is -2.29. The maximum Gasteiger partial charge on any atom is 0.267 e. The lowest BCUT2D eigenvalue weighted by molar-refractivity contribution is -0.121. The molecule has 144 valence electrons. The van der Waals surface area contributed by atoms with Gasteiger partial charge >= 0.3 is 0 Å². The normalized spacial score (nSPS) is 16.8. The lowest BCUT2D eigenvalue weighted by atomic mass is 10.2. The fourth-order valence-electron chi connectivity index (χ4n) is 2.73. The second-order valence-corrected chi connectivity index (χ2v) is 7.70. The molecule has 0 atom stereocenters. The zero-order valence-electron chi connectivity index (χ0n) is 16.2. The molecular weight excluding hydrogens is 370 g/mol. The molecule has 2 aromatic carbocycles. The van der Waals surface area contributed by atoms with Crippen molar-refractivity contribution in [3.8, 4) is 5.75 Å². The Morgan fingerprint density at radius 2 is 1.93 bits per heavy atom. The van der Waals surface area contributed by atoms with Crippen molar-refractivity contribution < 1.29 is 9.90 Å². The van der Waals surface area contributed by atoms with Gasteiger partial charge in [0.2, 0.25) is 0 Å². The average Bonchev–Trinajstić information content (AvgIpc) is 2.94. The predicted octanol–water partition coefficient (Wildman–Crippen LogP) is 4.56. The van der Waals surface area contributed by atoms with Gasteiger partial charge in [-0.25, -0.2) is 4.99 Å². The van der Waals surface area contributed by atoms with E-state index in [2.05, 4.69) is 11.6 Å². The summed E-state index contributed by atoms with van der Waals surface area (Å²) in [5.41, 5.74) is 3.42. The third-order valence-corrected chi connectivity index (χ3v) is 5.26. The molecule has 3 rings (SSSR count). The summed E-state index contributed by atoms with van der Waals surface area (Å²) in [7, 11) is 3.97. The van der Waals surface area contributed by atoms with Crippen molar-refractivity contribution in [1.29, 1.82) is 0 Å². The highest BCUT2D eigenvalue weighted by Crippen LogP contribution is 2.36. The zero-order chi connectivity index (χ0) is 20.3. The molecule has 1 aliphatic heterocycles. The summed E-state index contributed by atoms with van der Waals surface area (Å²) in [6, 6.07) is 13.3. The first-order valence-electron chi connectivity index (χ1n) is 8.87. The van der Waals surface area contributed by atoms with E-state index in [1.165, 1.54) is 11.8 Å². The molecule has 0 aliphatic carbocycles. The molecule has 1 amide bonds. The van der Waals surface area contributed by atoms with Crippen LogP contribution in [0.1, 0.15) is 11.1 Å². The van der Waals surface area contributed by atoms with Gasteiger partial charge in [0.1, 0.15) is 11.4 Å². The SMILES string of the molecule is C=CCN1C(=O)/C(=C/c2ccc(N(C)C)cc2)SC1=Nc1ccc(C)cc1O. The smallest absolute Gasteiger partial charge is 0.267 e. The number of thioether (sulfide) groups is 1. The fraction of sp³-hybridized carbons (Fsp3) is 0.182. The first-order chi connectivity index (χ1) is 13.4. The van der Waals surface area contributed by atoms with Crippen molar-refractivity contribution in [3.63, 3.8) is 0 Å².